The third kappa shape index (κ3) is 6.51. The van der Waals surface area contributed by atoms with Gasteiger partial charge in [0.1, 0.15) is 0 Å². The Kier molecular flexibility index (Phi) is 10.6. The highest BCUT2D eigenvalue weighted by Gasteiger charge is 2.51. The Bertz CT molecular complexity index is 1020. The summed E-state index contributed by atoms with van der Waals surface area (Å²) in [4.78, 5) is 15.9. The van der Waals surface area contributed by atoms with Crippen LogP contribution in [0.5, 0.6) is 0 Å². The third-order valence-corrected chi connectivity index (χ3v) is 13.6. The van der Waals surface area contributed by atoms with Crippen molar-refractivity contribution in [3.8, 4) is 0 Å². The van der Waals surface area contributed by atoms with Crippen molar-refractivity contribution in [2.45, 2.75) is 77.8 Å². The molecule has 0 bridgehead atoms. The first-order chi connectivity index (χ1) is 18.2. The standard InChI is InChI=1S/C31H45N3O3Si/c1-7-23(8-2)19-29(33-34-32)28-21-24(30(35)36-6)20-25(28)22-37-38(31(3,4)5,26-15-11-9-12-16-26)27-17-13-10-14-18-27/h9-18,23-25,28-29H,7-8,19-22H2,1-6H3/t24?,25-,28+,29-/m0/s1. The van der Waals surface area contributed by atoms with Gasteiger partial charge in [0.05, 0.1) is 13.0 Å². The number of hydrogen-bond acceptors (Lipinski definition) is 4. The summed E-state index contributed by atoms with van der Waals surface area (Å²) >= 11 is 0. The van der Waals surface area contributed by atoms with Gasteiger partial charge < -0.3 is 9.16 Å². The summed E-state index contributed by atoms with van der Waals surface area (Å²) in [5.41, 5.74) is 9.47. The number of carbonyl (C=O) groups is 1. The lowest BCUT2D eigenvalue weighted by Gasteiger charge is -2.44. The summed E-state index contributed by atoms with van der Waals surface area (Å²) in [7, 11) is -1.27. The van der Waals surface area contributed by atoms with Crippen LogP contribution in [-0.2, 0) is 14.0 Å². The first-order valence-electron chi connectivity index (χ1n) is 14.1. The lowest BCUT2D eigenvalue weighted by atomic mass is 9.83. The van der Waals surface area contributed by atoms with Crippen LogP contribution in [0, 0.1) is 23.7 Å². The van der Waals surface area contributed by atoms with E-state index in [9.17, 15) is 10.3 Å². The SMILES string of the molecule is CCC(CC)C[C@H](N=[N+]=[N-])[C@@H]1CC(C(=O)OC)C[C@H]1CO[Si](c1ccccc1)(c1ccccc1)C(C)(C)C. The van der Waals surface area contributed by atoms with Crippen LogP contribution >= 0.6 is 0 Å². The van der Waals surface area contributed by atoms with Crippen molar-refractivity contribution in [3.05, 3.63) is 71.1 Å². The fourth-order valence-corrected chi connectivity index (χ4v) is 11.1. The average Bonchev–Trinajstić information content (AvgIpc) is 3.35. The molecule has 206 valence electrons. The lowest BCUT2D eigenvalue weighted by Crippen LogP contribution is -2.67. The topological polar surface area (TPSA) is 84.3 Å². The van der Waals surface area contributed by atoms with Gasteiger partial charge in [-0.25, -0.2) is 0 Å². The van der Waals surface area contributed by atoms with Crippen LogP contribution in [0.2, 0.25) is 5.04 Å². The number of methoxy groups -OCH3 is 1. The van der Waals surface area contributed by atoms with Gasteiger partial charge in [0.2, 0.25) is 0 Å². The Morgan fingerprint density at radius 2 is 1.58 bits per heavy atom. The van der Waals surface area contributed by atoms with Gasteiger partial charge in [-0.1, -0.05) is 113 Å². The quantitative estimate of drug-likeness (QED) is 0.0976. The molecular formula is C31H45N3O3Si. The molecular weight excluding hydrogens is 490 g/mol. The van der Waals surface area contributed by atoms with E-state index in [1.807, 2.05) is 12.1 Å². The zero-order valence-electron chi connectivity index (χ0n) is 24.0. The van der Waals surface area contributed by atoms with Gasteiger partial charge in [0.15, 0.2) is 0 Å². The summed E-state index contributed by atoms with van der Waals surface area (Å²) in [6.45, 7) is 11.7. The zero-order valence-corrected chi connectivity index (χ0v) is 25.0. The molecule has 2 aromatic carbocycles. The molecule has 7 heteroatoms. The van der Waals surface area contributed by atoms with Crippen LogP contribution in [0.25, 0.3) is 10.4 Å². The molecule has 1 aliphatic carbocycles. The number of rotatable bonds is 12. The highest BCUT2D eigenvalue weighted by molar-refractivity contribution is 6.99. The van der Waals surface area contributed by atoms with E-state index in [0.717, 1.165) is 19.3 Å². The molecule has 0 amide bonds. The summed E-state index contributed by atoms with van der Waals surface area (Å²) < 4.78 is 12.4. The minimum absolute atomic E-state index is 0.0776. The molecule has 0 saturated heterocycles. The highest BCUT2D eigenvalue weighted by Crippen LogP contribution is 2.44. The van der Waals surface area contributed by atoms with Crippen molar-refractivity contribution >= 4 is 24.7 Å². The summed E-state index contributed by atoms with van der Waals surface area (Å²) in [5, 5.41) is 6.65. The van der Waals surface area contributed by atoms with Crippen molar-refractivity contribution in [1.82, 2.24) is 0 Å². The summed E-state index contributed by atoms with van der Waals surface area (Å²) in [6.07, 6.45) is 4.29. The van der Waals surface area contributed by atoms with Crippen LogP contribution < -0.4 is 10.4 Å². The number of hydrogen-bond donors (Lipinski definition) is 0. The van der Waals surface area contributed by atoms with E-state index in [-0.39, 0.29) is 34.8 Å². The summed E-state index contributed by atoms with van der Waals surface area (Å²) in [5.74, 6) is 0.293. The Labute approximate surface area is 229 Å². The monoisotopic (exact) mass is 535 g/mol. The largest absolute Gasteiger partial charge is 0.469 e. The molecule has 1 saturated carbocycles. The second-order valence-corrected chi connectivity index (χ2v) is 16.1. The van der Waals surface area contributed by atoms with E-state index in [1.165, 1.54) is 17.5 Å². The lowest BCUT2D eigenvalue weighted by molar-refractivity contribution is -0.145. The van der Waals surface area contributed by atoms with E-state index < -0.39 is 8.32 Å². The first-order valence-corrected chi connectivity index (χ1v) is 16.0. The molecule has 0 spiro atoms. The van der Waals surface area contributed by atoms with Crippen LogP contribution in [0.3, 0.4) is 0 Å². The van der Waals surface area contributed by atoms with Crippen LogP contribution in [0.15, 0.2) is 65.8 Å². The predicted octanol–water partition coefficient (Wildman–Crippen LogP) is 6.88. The third-order valence-electron chi connectivity index (χ3n) is 8.64. The summed E-state index contributed by atoms with van der Waals surface area (Å²) in [6, 6.07) is 21.1. The molecule has 38 heavy (non-hydrogen) atoms. The molecule has 0 N–H and O–H groups in total. The minimum Gasteiger partial charge on any atom is -0.469 e. The first kappa shape index (κ1) is 29.9. The van der Waals surface area contributed by atoms with Crippen molar-refractivity contribution in [1.29, 1.82) is 0 Å². The van der Waals surface area contributed by atoms with Crippen molar-refractivity contribution in [3.63, 3.8) is 0 Å². The van der Waals surface area contributed by atoms with E-state index >= 15 is 0 Å². The number of benzene rings is 2. The fourth-order valence-electron chi connectivity index (χ4n) is 6.51. The van der Waals surface area contributed by atoms with Crippen molar-refractivity contribution in [2.75, 3.05) is 13.7 Å². The van der Waals surface area contributed by atoms with Gasteiger partial charge >= 0.3 is 5.97 Å². The van der Waals surface area contributed by atoms with Gasteiger partial charge in [0, 0.05) is 17.6 Å². The molecule has 2 aromatic rings. The fraction of sp³-hybridized carbons (Fsp3) is 0.581. The number of azide groups is 1. The number of nitrogens with zero attached hydrogens (tertiary/aromatic N) is 3. The highest BCUT2D eigenvalue weighted by atomic mass is 28.4. The molecule has 0 radical (unpaired) electrons. The van der Waals surface area contributed by atoms with E-state index in [4.69, 9.17) is 9.16 Å². The van der Waals surface area contributed by atoms with Gasteiger partial charge in [-0.2, -0.15) is 0 Å². The van der Waals surface area contributed by atoms with Crippen LogP contribution in [0.4, 0.5) is 0 Å². The van der Waals surface area contributed by atoms with Crippen molar-refractivity contribution < 1.29 is 14.0 Å². The number of ether oxygens (including phenoxy) is 1. The van der Waals surface area contributed by atoms with Crippen LogP contribution in [-0.4, -0.2) is 34.0 Å². The average molecular weight is 536 g/mol. The maximum absolute atomic E-state index is 12.7. The van der Waals surface area contributed by atoms with Crippen molar-refractivity contribution in [2.24, 2.45) is 28.8 Å². The Morgan fingerprint density at radius 1 is 1.03 bits per heavy atom. The Morgan fingerprint density at radius 3 is 2.03 bits per heavy atom. The van der Waals surface area contributed by atoms with Gasteiger partial charge in [-0.3, -0.25) is 4.79 Å². The predicted molar refractivity (Wildman–Crippen MR) is 157 cm³/mol. The maximum Gasteiger partial charge on any atom is 0.308 e. The Balaban J connectivity index is 2.02. The second kappa shape index (κ2) is 13.5. The molecule has 0 aliphatic heterocycles. The molecule has 0 aromatic heterocycles. The normalized spacial score (nSPS) is 20.7. The molecule has 0 heterocycles. The molecule has 4 atom stereocenters. The molecule has 6 nitrogen and oxygen atoms in total. The van der Waals surface area contributed by atoms with Gasteiger partial charge in [0.25, 0.3) is 8.32 Å². The van der Waals surface area contributed by atoms with Gasteiger partial charge in [-0.15, -0.1) is 0 Å². The van der Waals surface area contributed by atoms with E-state index in [0.29, 0.717) is 25.4 Å². The van der Waals surface area contributed by atoms with Gasteiger partial charge in [-0.05, 0) is 58.0 Å². The van der Waals surface area contributed by atoms with E-state index in [2.05, 4.69) is 93.2 Å². The molecule has 1 fully saturated rings. The number of carbonyl (C=O) groups excluding carboxylic acids is 1. The second-order valence-electron chi connectivity index (χ2n) is 11.8. The van der Waals surface area contributed by atoms with E-state index in [1.54, 1.807) is 0 Å². The number of esters is 1. The maximum atomic E-state index is 12.7. The molecule has 1 aliphatic rings. The molecule has 1 unspecified atom stereocenters. The van der Waals surface area contributed by atoms with Crippen LogP contribution in [0.1, 0.15) is 66.7 Å². The smallest absolute Gasteiger partial charge is 0.308 e. The molecule has 3 rings (SSSR count). The minimum atomic E-state index is -2.72. The Hall–Kier alpha value is -2.60. The zero-order chi connectivity index (χ0) is 27.8.